The topological polar surface area (TPSA) is 0 Å². The van der Waals surface area contributed by atoms with Crippen molar-refractivity contribution in [2.75, 3.05) is 0 Å². The predicted molar refractivity (Wildman–Crippen MR) is 27.3 cm³/mol. The summed E-state index contributed by atoms with van der Waals surface area (Å²) >= 11 is 0. The van der Waals surface area contributed by atoms with Gasteiger partial charge in [-0.1, -0.05) is 13.2 Å². The van der Waals surface area contributed by atoms with Crippen LogP contribution >= 0.6 is 0 Å². The molecule has 2 radical (unpaired) electrons. The zero-order chi connectivity index (χ0) is 4.71. The summed E-state index contributed by atoms with van der Waals surface area (Å²) in [7, 11) is 4.85. The van der Waals surface area contributed by atoms with E-state index in [-0.39, 0.29) is 52.2 Å². The fourth-order valence-corrected chi connectivity index (χ4v) is 0. The molecule has 0 unspecified atom stereocenters. The molecule has 40 valence electrons. The molecule has 7 heavy (non-hydrogen) atoms. The summed E-state index contributed by atoms with van der Waals surface area (Å²) in [6.45, 7) is 6.90. The minimum Gasteiger partial charge on any atom is -0.346 e. The van der Waals surface area contributed by atoms with Gasteiger partial charge in [0.25, 0.3) is 0 Å². The van der Waals surface area contributed by atoms with Gasteiger partial charge in [0.15, 0.2) is 0 Å². The van der Waals surface area contributed by atoms with E-state index in [0.29, 0.717) is 0 Å². The van der Waals surface area contributed by atoms with Crippen molar-refractivity contribution in [3.8, 4) is 0 Å². The molecule has 0 saturated heterocycles. The van der Waals surface area contributed by atoms with E-state index in [2.05, 4.69) is 6.92 Å². The van der Waals surface area contributed by atoms with Gasteiger partial charge in [0, 0.05) is 52.2 Å². The van der Waals surface area contributed by atoms with E-state index in [1.165, 1.54) is 0 Å². The Bertz CT molecular complexity index is 11.7. The average Bonchev–Trinajstić information content (AvgIpc) is 1.46. The average molecular weight is 491 g/mol. The predicted octanol–water partition coefficient (Wildman–Crippen LogP) is 1.43. The van der Waals surface area contributed by atoms with Crippen molar-refractivity contribution in [3.05, 3.63) is 6.92 Å². The Morgan fingerprint density at radius 1 is 1.43 bits per heavy atom. The van der Waals surface area contributed by atoms with Crippen LogP contribution in [-0.2, 0) is 21.1 Å². The molecule has 0 aromatic carbocycles. The Hall–Kier alpha value is 1.81. The largest absolute Gasteiger partial charge is 0.346 e. The Morgan fingerprint density at radius 2 is 1.43 bits per heavy atom. The summed E-state index contributed by atoms with van der Waals surface area (Å²) in [6.07, 6.45) is 0.750. The molecule has 0 rings (SSSR count). The first-order valence-corrected chi connectivity index (χ1v) is 1.82. The zero-order valence-electron chi connectivity index (χ0n) is 4.90. The van der Waals surface area contributed by atoms with Crippen LogP contribution in [0.25, 0.3) is 0 Å². The van der Waals surface area contributed by atoms with Crippen molar-refractivity contribution in [1.29, 1.82) is 0 Å². The fraction of sp³-hybridized carbons (Fsp3) is 0.750. The molecule has 0 aromatic rings. The van der Waals surface area contributed by atoms with E-state index >= 15 is 0 Å². The Balaban J connectivity index is -0.0000000105. The Kier molecular flexibility index (Phi) is 152. The second-order valence-corrected chi connectivity index (χ2v) is 0.408. The SMILES string of the molecule is [B]CC.[CH2-]C.[U].[W]. The van der Waals surface area contributed by atoms with Gasteiger partial charge in [-0.2, -0.15) is 6.92 Å². The van der Waals surface area contributed by atoms with E-state index in [4.69, 9.17) is 7.85 Å². The molecule has 0 amide bonds. The summed E-state index contributed by atoms with van der Waals surface area (Å²) in [5.74, 6) is 0. The molecule has 0 fully saturated rings. The third kappa shape index (κ3) is 80.7. The standard InChI is InChI=1S/C2H5B.C2H5.U.W/c1-2-3;1-2;;/h2H2,1H3;1H2,2H3;;/q;-1;;. The van der Waals surface area contributed by atoms with Crippen LogP contribution in [0.5, 0.6) is 0 Å². The molecule has 0 aliphatic heterocycles. The molecule has 0 N–H and O–H groups in total. The Labute approximate surface area is 86.3 Å². The number of hydrogen-bond donors (Lipinski definition) is 0. The molecular weight excluding hydrogens is 481 g/mol. The fourth-order valence-electron chi connectivity index (χ4n) is 0. The molecule has 0 aliphatic rings. The van der Waals surface area contributed by atoms with Crippen molar-refractivity contribution in [1.82, 2.24) is 0 Å². The summed E-state index contributed by atoms with van der Waals surface area (Å²) in [5.41, 5.74) is 0. The molecule has 3 heteroatoms. The van der Waals surface area contributed by atoms with Crippen LogP contribution < -0.4 is 0 Å². The van der Waals surface area contributed by atoms with Crippen LogP contribution in [0.3, 0.4) is 0 Å². The molecule has 0 spiro atoms. The molecule has 0 heterocycles. The van der Waals surface area contributed by atoms with Gasteiger partial charge in [-0.15, -0.1) is 0 Å². The van der Waals surface area contributed by atoms with Gasteiger partial charge in [-0.25, -0.2) is 0 Å². The summed E-state index contributed by atoms with van der Waals surface area (Å²) in [5, 5.41) is 0. The van der Waals surface area contributed by atoms with E-state index < -0.39 is 0 Å². The number of rotatable bonds is 0. The van der Waals surface area contributed by atoms with Crippen LogP contribution in [0.2, 0.25) is 6.32 Å². The molecule has 0 nitrogen and oxygen atoms in total. The smallest absolute Gasteiger partial charge is 0.0649 e. The van der Waals surface area contributed by atoms with Crippen LogP contribution in [0, 0.1) is 38.0 Å². The van der Waals surface area contributed by atoms with Crippen molar-refractivity contribution in [3.63, 3.8) is 0 Å². The zero-order valence-corrected chi connectivity index (χ0v) is 12.0. The van der Waals surface area contributed by atoms with Crippen molar-refractivity contribution in [2.45, 2.75) is 20.2 Å². The van der Waals surface area contributed by atoms with Gasteiger partial charge >= 0.3 is 0 Å². The Morgan fingerprint density at radius 3 is 1.43 bits per heavy atom. The molecular formula is C4H10BUW-. The van der Waals surface area contributed by atoms with Crippen molar-refractivity contribution >= 4 is 7.85 Å². The summed E-state index contributed by atoms with van der Waals surface area (Å²) in [4.78, 5) is 0. The van der Waals surface area contributed by atoms with Crippen LogP contribution in [0.1, 0.15) is 13.8 Å². The molecule has 0 atom stereocenters. The third-order valence-electron chi connectivity index (χ3n) is 0. The minimum absolute atomic E-state index is 0. The first kappa shape index (κ1) is 23.2. The summed E-state index contributed by atoms with van der Waals surface area (Å²) in [6, 6.07) is 0. The number of hydrogen-bond acceptors (Lipinski definition) is 0. The second-order valence-electron chi connectivity index (χ2n) is 0.408. The van der Waals surface area contributed by atoms with Gasteiger partial charge in [0.2, 0.25) is 0 Å². The van der Waals surface area contributed by atoms with Gasteiger partial charge < -0.3 is 6.92 Å². The molecule has 0 aliphatic carbocycles. The van der Waals surface area contributed by atoms with E-state index in [0.717, 1.165) is 6.32 Å². The monoisotopic (exact) mass is 491 g/mol. The molecule has 0 bridgehead atoms. The van der Waals surface area contributed by atoms with Crippen LogP contribution in [0.15, 0.2) is 0 Å². The van der Waals surface area contributed by atoms with E-state index in [9.17, 15) is 0 Å². The van der Waals surface area contributed by atoms with E-state index in [1.807, 2.05) is 6.92 Å². The first-order valence-electron chi connectivity index (χ1n) is 1.82. The minimum atomic E-state index is 0. The maximum atomic E-state index is 4.85. The van der Waals surface area contributed by atoms with Gasteiger partial charge in [-0.05, 0) is 0 Å². The van der Waals surface area contributed by atoms with Crippen molar-refractivity contribution in [2.24, 2.45) is 0 Å². The quantitative estimate of drug-likeness (QED) is 0.356. The maximum Gasteiger partial charge on any atom is 0.0649 e. The normalized spacial score (nSPS) is 3.29. The maximum absolute atomic E-state index is 4.85. The third-order valence-corrected chi connectivity index (χ3v) is 0. The molecule has 0 aromatic heterocycles. The second kappa shape index (κ2) is 45.9. The van der Waals surface area contributed by atoms with E-state index in [1.54, 1.807) is 6.92 Å². The summed E-state index contributed by atoms with van der Waals surface area (Å²) < 4.78 is 0. The van der Waals surface area contributed by atoms with Gasteiger partial charge in [-0.3, -0.25) is 0 Å². The van der Waals surface area contributed by atoms with Gasteiger partial charge in [0.05, 0.1) is 7.85 Å². The van der Waals surface area contributed by atoms with Crippen molar-refractivity contribution < 1.29 is 52.2 Å². The van der Waals surface area contributed by atoms with Crippen LogP contribution in [-0.4, -0.2) is 7.85 Å². The first-order chi connectivity index (χ1) is 2.41. The van der Waals surface area contributed by atoms with Crippen LogP contribution in [0.4, 0.5) is 0 Å². The molecule has 0 saturated carbocycles. The van der Waals surface area contributed by atoms with Gasteiger partial charge in [0.1, 0.15) is 0 Å².